The van der Waals surface area contributed by atoms with Crippen molar-refractivity contribution < 1.29 is 5.11 Å². The lowest BCUT2D eigenvalue weighted by Gasteiger charge is -2.11. The van der Waals surface area contributed by atoms with Crippen LogP contribution < -0.4 is 4.87 Å². The minimum atomic E-state index is -0.266. The van der Waals surface area contributed by atoms with Gasteiger partial charge >= 0.3 is 4.87 Å². The zero-order chi connectivity index (χ0) is 17.4. The molecule has 124 valence electrons. The lowest BCUT2D eigenvalue weighted by Crippen LogP contribution is -1.95. The van der Waals surface area contributed by atoms with Gasteiger partial charge in [-0.3, -0.25) is 14.8 Å². The number of aromatic amines is 1. The Kier molecular flexibility index (Phi) is 3.86. The molecule has 25 heavy (non-hydrogen) atoms. The molecule has 0 atom stereocenters. The van der Waals surface area contributed by atoms with Crippen LogP contribution in [0.4, 0.5) is 5.69 Å². The van der Waals surface area contributed by atoms with Gasteiger partial charge in [0.05, 0.1) is 10.6 Å². The number of allylic oxidation sites excluding steroid dienone is 2. The van der Waals surface area contributed by atoms with Gasteiger partial charge in [0.25, 0.3) is 0 Å². The van der Waals surface area contributed by atoms with Crippen LogP contribution in [-0.4, -0.2) is 16.3 Å². The number of nitrogens with one attached hydrogen (secondary N) is 1. The molecule has 0 amide bonds. The number of aromatic hydroxyl groups is 1. The molecule has 2 heterocycles. The summed E-state index contributed by atoms with van der Waals surface area (Å²) in [5, 5.41) is 10.2. The molecule has 1 aliphatic rings. The smallest absolute Gasteiger partial charge is 0.307 e. The maximum absolute atomic E-state index is 11.7. The first-order valence-electron chi connectivity index (χ1n) is 7.96. The average Bonchev–Trinajstić information content (AvgIpc) is 3.16. The van der Waals surface area contributed by atoms with E-state index in [0.29, 0.717) is 11.3 Å². The Morgan fingerprint density at radius 1 is 1.20 bits per heavy atom. The first kappa shape index (κ1) is 15.6. The molecule has 3 aromatic rings. The van der Waals surface area contributed by atoms with Crippen LogP contribution in [0.5, 0.6) is 5.88 Å². The van der Waals surface area contributed by atoms with Crippen molar-refractivity contribution in [3.63, 3.8) is 0 Å². The quantitative estimate of drug-likeness (QED) is 0.740. The van der Waals surface area contributed by atoms with E-state index in [-0.39, 0.29) is 10.8 Å². The standard InChI is InChI=1S/C20H16N2O2S/c1-12-5-4-6-13(9-12)10-15(18-19(23)22-20(24)25-18)16-11-21-17-8-3-2-7-14(16)17/h2-9,11,23H,10H2,1H3,(H,22,24). The number of para-hydroxylation sites is 1. The molecule has 1 aliphatic heterocycles. The Labute approximate surface area is 148 Å². The van der Waals surface area contributed by atoms with Crippen LogP contribution in [0.3, 0.4) is 0 Å². The minimum absolute atomic E-state index is 0.0806. The molecule has 2 N–H and O–H groups in total. The fourth-order valence-electron chi connectivity index (χ4n) is 3.11. The highest BCUT2D eigenvalue weighted by atomic mass is 32.1. The molecule has 0 bridgehead atoms. The van der Waals surface area contributed by atoms with Gasteiger partial charge in [-0.1, -0.05) is 59.4 Å². The molecule has 0 saturated carbocycles. The molecule has 2 aromatic carbocycles. The number of fused-ring (bicyclic) bond motifs is 1. The Hall–Kier alpha value is -2.92. The van der Waals surface area contributed by atoms with Gasteiger partial charge in [-0.05, 0) is 30.5 Å². The summed E-state index contributed by atoms with van der Waals surface area (Å²) in [4.78, 5) is 19.0. The fraction of sp³-hybridized carbons (Fsp3) is 0.100. The van der Waals surface area contributed by atoms with Crippen LogP contribution in [0.1, 0.15) is 21.6 Å². The molecule has 0 unspecified atom stereocenters. The largest absolute Gasteiger partial charge is 0.493 e. The van der Waals surface area contributed by atoms with Crippen molar-refractivity contribution in [3.8, 4) is 5.88 Å². The summed E-state index contributed by atoms with van der Waals surface area (Å²) in [5.41, 5.74) is 6.07. The summed E-state index contributed by atoms with van der Waals surface area (Å²) in [7, 11) is 0. The first-order valence-corrected chi connectivity index (χ1v) is 8.78. The van der Waals surface area contributed by atoms with Crippen molar-refractivity contribution >= 4 is 34.4 Å². The van der Waals surface area contributed by atoms with Crippen molar-refractivity contribution in [2.45, 2.75) is 13.3 Å². The molecule has 4 rings (SSSR count). The zero-order valence-electron chi connectivity index (χ0n) is 13.6. The summed E-state index contributed by atoms with van der Waals surface area (Å²) in [6.07, 6.45) is 2.43. The number of H-pyrrole nitrogens is 1. The summed E-state index contributed by atoms with van der Waals surface area (Å²) in [5.74, 6) is -0.0806. The number of hydrogen-bond donors (Lipinski definition) is 2. The van der Waals surface area contributed by atoms with Crippen LogP contribution >= 0.6 is 11.3 Å². The molecular weight excluding hydrogens is 332 g/mol. The molecule has 4 nitrogen and oxygen atoms in total. The third kappa shape index (κ3) is 2.94. The maximum Gasteiger partial charge on any atom is 0.307 e. The van der Waals surface area contributed by atoms with E-state index in [4.69, 9.17) is 0 Å². The van der Waals surface area contributed by atoms with Gasteiger partial charge in [-0.25, -0.2) is 0 Å². The fourth-order valence-corrected chi connectivity index (χ4v) is 3.89. The topological polar surface area (TPSA) is 65.5 Å². The van der Waals surface area contributed by atoms with Crippen LogP contribution in [0, 0.1) is 6.92 Å². The van der Waals surface area contributed by atoms with Gasteiger partial charge in [0.1, 0.15) is 0 Å². The summed E-state index contributed by atoms with van der Waals surface area (Å²) in [6.45, 7) is 2.05. The number of aromatic nitrogens is 1. The van der Waals surface area contributed by atoms with Crippen molar-refractivity contribution in [3.05, 3.63) is 79.8 Å². The van der Waals surface area contributed by atoms with Gasteiger partial charge in [0.15, 0.2) is 0 Å². The van der Waals surface area contributed by atoms with Gasteiger partial charge in [0, 0.05) is 17.4 Å². The number of hydrogen-bond acceptors (Lipinski definition) is 4. The first-order chi connectivity index (χ1) is 12.1. The Bertz CT molecular complexity index is 1070. The van der Waals surface area contributed by atoms with Crippen LogP contribution in [-0.2, 0) is 6.42 Å². The van der Waals surface area contributed by atoms with Crippen molar-refractivity contribution in [1.82, 2.24) is 4.98 Å². The monoisotopic (exact) mass is 348 g/mol. The van der Waals surface area contributed by atoms with Crippen molar-refractivity contribution in [2.24, 2.45) is 4.99 Å². The summed E-state index contributed by atoms with van der Waals surface area (Å²) < 4.78 is 0. The van der Waals surface area contributed by atoms with Crippen molar-refractivity contribution in [1.29, 1.82) is 0 Å². The van der Waals surface area contributed by atoms with Crippen LogP contribution in [0.25, 0.3) is 11.1 Å². The second-order valence-corrected chi connectivity index (χ2v) is 7.01. The molecule has 0 radical (unpaired) electrons. The number of rotatable bonds is 3. The van der Waals surface area contributed by atoms with Gasteiger partial charge < -0.3 is 5.11 Å². The van der Waals surface area contributed by atoms with Crippen molar-refractivity contribution in [2.75, 3.05) is 0 Å². The number of nitrogens with zero attached hydrogens (tertiary/aromatic N) is 1. The molecule has 5 heteroatoms. The number of thiazole rings is 1. The highest BCUT2D eigenvalue weighted by Crippen LogP contribution is 2.40. The molecule has 0 spiro atoms. The van der Waals surface area contributed by atoms with Crippen LogP contribution in [0.15, 0.2) is 58.3 Å². The third-order valence-corrected chi connectivity index (χ3v) is 5.15. The van der Waals surface area contributed by atoms with Gasteiger partial charge in [-0.2, -0.15) is 0 Å². The van der Waals surface area contributed by atoms with E-state index in [1.54, 1.807) is 0 Å². The lowest BCUT2D eigenvalue weighted by molar-refractivity contribution is 0.454. The van der Waals surface area contributed by atoms with E-state index in [9.17, 15) is 9.90 Å². The predicted molar refractivity (Wildman–Crippen MR) is 103 cm³/mol. The predicted octanol–water partition coefficient (Wildman–Crippen LogP) is 4.32. The second-order valence-electron chi connectivity index (χ2n) is 6.03. The van der Waals surface area contributed by atoms with Crippen LogP contribution in [0.2, 0.25) is 0 Å². The number of aryl methyl sites for hydroxylation is 1. The molecule has 1 aromatic heterocycles. The Balaban J connectivity index is 1.91. The van der Waals surface area contributed by atoms with E-state index in [0.717, 1.165) is 39.3 Å². The maximum atomic E-state index is 11.7. The normalized spacial score (nSPS) is 14.6. The Morgan fingerprint density at radius 2 is 2.04 bits per heavy atom. The van der Waals surface area contributed by atoms with E-state index < -0.39 is 0 Å². The minimum Gasteiger partial charge on any atom is -0.493 e. The summed E-state index contributed by atoms with van der Waals surface area (Å²) >= 11 is 1.03. The highest BCUT2D eigenvalue weighted by molar-refractivity contribution is 7.10. The van der Waals surface area contributed by atoms with Gasteiger partial charge in [-0.15, -0.1) is 0 Å². The zero-order valence-corrected chi connectivity index (χ0v) is 14.4. The SMILES string of the molecule is Cc1cccc(CC(=C2C=Nc3ccccc32)c2sc(=O)[nH]c2O)c1. The molecular formula is C20H16N2O2S. The van der Waals surface area contributed by atoms with E-state index in [2.05, 4.69) is 35.1 Å². The van der Waals surface area contributed by atoms with E-state index in [1.165, 1.54) is 5.56 Å². The lowest BCUT2D eigenvalue weighted by atomic mass is 9.94. The second kappa shape index (κ2) is 6.18. The average molecular weight is 348 g/mol. The Morgan fingerprint density at radius 3 is 2.80 bits per heavy atom. The molecule has 0 fully saturated rings. The highest BCUT2D eigenvalue weighted by Gasteiger charge is 2.21. The number of benzene rings is 2. The van der Waals surface area contributed by atoms with E-state index in [1.807, 2.05) is 36.5 Å². The van der Waals surface area contributed by atoms with Gasteiger partial charge in [0.2, 0.25) is 5.88 Å². The van der Waals surface area contributed by atoms with E-state index >= 15 is 0 Å². The third-order valence-electron chi connectivity index (χ3n) is 4.22. The molecule has 0 saturated heterocycles. The summed E-state index contributed by atoms with van der Waals surface area (Å²) in [6, 6.07) is 16.1. The molecule has 0 aliphatic carbocycles. The number of aliphatic imine (C=N–C) groups is 1.